The maximum atomic E-state index is 4.24. The molecule has 0 bridgehead atoms. The number of hydrogen-bond acceptors (Lipinski definition) is 2. The van der Waals surface area contributed by atoms with Crippen LogP contribution in [0.15, 0.2) is 35.1 Å². The minimum absolute atomic E-state index is 0.326. The summed E-state index contributed by atoms with van der Waals surface area (Å²) in [5, 5.41) is 7.81. The van der Waals surface area contributed by atoms with Crippen LogP contribution in [0, 0.1) is 6.92 Å². The van der Waals surface area contributed by atoms with E-state index in [4.69, 9.17) is 0 Å². The Labute approximate surface area is 123 Å². The van der Waals surface area contributed by atoms with E-state index in [1.807, 2.05) is 17.9 Å². The smallest absolute Gasteiger partial charge is 0.0522 e. The standard InChI is InChI=1S/C15H20BrN3/c1-4-17-15(7-12-9-18-19(3)10-12)14-8-13(16)6-5-11(14)2/h5-6,8-10,15,17H,4,7H2,1-3H3. The lowest BCUT2D eigenvalue weighted by Gasteiger charge is -2.20. The largest absolute Gasteiger partial charge is 0.310 e. The van der Waals surface area contributed by atoms with Gasteiger partial charge in [0.1, 0.15) is 0 Å². The zero-order valence-electron chi connectivity index (χ0n) is 11.7. The van der Waals surface area contributed by atoms with Gasteiger partial charge in [-0.2, -0.15) is 5.10 Å². The molecule has 0 aliphatic heterocycles. The molecule has 0 saturated carbocycles. The van der Waals surface area contributed by atoms with Crippen molar-refractivity contribution in [2.75, 3.05) is 6.54 Å². The van der Waals surface area contributed by atoms with E-state index in [1.54, 1.807) is 0 Å². The molecule has 0 fully saturated rings. The lowest BCUT2D eigenvalue weighted by molar-refractivity contribution is 0.547. The molecule has 1 heterocycles. The number of benzene rings is 1. The number of hydrogen-bond donors (Lipinski definition) is 1. The van der Waals surface area contributed by atoms with Gasteiger partial charge >= 0.3 is 0 Å². The number of halogens is 1. The predicted octanol–water partition coefficient (Wildman–Crippen LogP) is 3.38. The minimum atomic E-state index is 0.326. The SMILES string of the molecule is CCNC(Cc1cnn(C)c1)c1cc(Br)ccc1C. The number of aryl methyl sites for hydroxylation is 2. The molecule has 0 saturated heterocycles. The van der Waals surface area contributed by atoms with Crippen molar-refractivity contribution in [2.45, 2.75) is 26.3 Å². The monoisotopic (exact) mass is 321 g/mol. The summed E-state index contributed by atoms with van der Waals surface area (Å²) in [6, 6.07) is 6.78. The van der Waals surface area contributed by atoms with E-state index in [-0.39, 0.29) is 0 Å². The molecule has 2 aromatic rings. The predicted molar refractivity (Wildman–Crippen MR) is 82.2 cm³/mol. The second kappa shape index (κ2) is 6.35. The van der Waals surface area contributed by atoms with Gasteiger partial charge in [0, 0.05) is 23.8 Å². The zero-order chi connectivity index (χ0) is 13.8. The molecular formula is C15H20BrN3. The van der Waals surface area contributed by atoms with E-state index in [0.717, 1.165) is 17.4 Å². The number of nitrogens with zero attached hydrogens (tertiary/aromatic N) is 2. The van der Waals surface area contributed by atoms with Gasteiger partial charge in [-0.15, -0.1) is 0 Å². The highest BCUT2D eigenvalue weighted by Crippen LogP contribution is 2.25. The molecule has 1 atom stereocenters. The Balaban J connectivity index is 2.26. The van der Waals surface area contributed by atoms with Crippen molar-refractivity contribution in [3.05, 3.63) is 51.8 Å². The molecule has 0 amide bonds. The highest BCUT2D eigenvalue weighted by atomic mass is 79.9. The van der Waals surface area contributed by atoms with Crippen LogP contribution in [-0.2, 0) is 13.5 Å². The van der Waals surface area contributed by atoms with Gasteiger partial charge in [0.2, 0.25) is 0 Å². The lowest BCUT2D eigenvalue weighted by Crippen LogP contribution is -2.23. The van der Waals surface area contributed by atoms with Crippen LogP contribution in [0.1, 0.15) is 29.7 Å². The average Bonchev–Trinajstić information content (AvgIpc) is 2.77. The molecule has 0 radical (unpaired) electrons. The van der Waals surface area contributed by atoms with Crippen LogP contribution in [0.3, 0.4) is 0 Å². The summed E-state index contributed by atoms with van der Waals surface area (Å²) in [6.45, 7) is 5.26. The highest BCUT2D eigenvalue weighted by molar-refractivity contribution is 9.10. The van der Waals surface area contributed by atoms with Crippen molar-refractivity contribution in [1.82, 2.24) is 15.1 Å². The van der Waals surface area contributed by atoms with E-state index >= 15 is 0 Å². The fraction of sp³-hybridized carbons (Fsp3) is 0.400. The average molecular weight is 322 g/mol. The Bertz CT molecular complexity index is 548. The summed E-state index contributed by atoms with van der Waals surface area (Å²) in [5.74, 6) is 0. The molecule has 1 aromatic heterocycles. The first-order valence-electron chi connectivity index (χ1n) is 6.57. The van der Waals surface area contributed by atoms with Crippen LogP contribution >= 0.6 is 15.9 Å². The second-order valence-corrected chi connectivity index (χ2v) is 5.75. The van der Waals surface area contributed by atoms with E-state index < -0.39 is 0 Å². The number of rotatable bonds is 5. The third-order valence-electron chi connectivity index (χ3n) is 3.27. The van der Waals surface area contributed by atoms with Gasteiger partial charge in [-0.1, -0.05) is 28.9 Å². The maximum Gasteiger partial charge on any atom is 0.0522 e. The first-order valence-corrected chi connectivity index (χ1v) is 7.36. The van der Waals surface area contributed by atoms with Crippen molar-refractivity contribution in [2.24, 2.45) is 7.05 Å². The second-order valence-electron chi connectivity index (χ2n) is 4.84. The summed E-state index contributed by atoms with van der Waals surface area (Å²) in [7, 11) is 1.95. The molecule has 4 heteroatoms. The van der Waals surface area contributed by atoms with Crippen LogP contribution in [0.2, 0.25) is 0 Å². The molecule has 1 aromatic carbocycles. The highest BCUT2D eigenvalue weighted by Gasteiger charge is 2.14. The van der Waals surface area contributed by atoms with Gasteiger partial charge in [0.15, 0.2) is 0 Å². The molecule has 3 nitrogen and oxygen atoms in total. The lowest BCUT2D eigenvalue weighted by atomic mass is 9.96. The van der Waals surface area contributed by atoms with Crippen molar-refractivity contribution >= 4 is 15.9 Å². The third kappa shape index (κ3) is 3.67. The van der Waals surface area contributed by atoms with Crippen molar-refractivity contribution < 1.29 is 0 Å². The molecule has 2 rings (SSSR count). The summed E-state index contributed by atoms with van der Waals surface area (Å²) in [4.78, 5) is 0. The molecular weight excluding hydrogens is 302 g/mol. The van der Waals surface area contributed by atoms with E-state index in [2.05, 4.69) is 64.6 Å². The fourth-order valence-corrected chi connectivity index (χ4v) is 2.72. The number of nitrogens with one attached hydrogen (secondary N) is 1. The van der Waals surface area contributed by atoms with Gasteiger partial charge in [0.25, 0.3) is 0 Å². The fourth-order valence-electron chi connectivity index (χ4n) is 2.34. The Kier molecular flexibility index (Phi) is 4.77. The third-order valence-corrected chi connectivity index (χ3v) is 3.76. The summed E-state index contributed by atoms with van der Waals surface area (Å²) >= 11 is 3.56. The minimum Gasteiger partial charge on any atom is -0.310 e. The van der Waals surface area contributed by atoms with Gasteiger partial charge in [0.05, 0.1) is 6.20 Å². The van der Waals surface area contributed by atoms with Gasteiger partial charge in [-0.05, 0) is 48.7 Å². The van der Waals surface area contributed by atoms with Crippen molar-refractivity contribution in [1.29, 1.82) is 0 Å². The van der Waals surface area contributed by atoms with Crippen LogP contribution in [0.5, 0.6) is 0 Å². The van der Waals surface area contributed by atoms with E-state index in [0.29, 0.717) is 6.04 Å². The van der Waals surface area contributed by atoms with E-state index in [1.165, 1.54) is 16.7 Å². The van der Waals surface area contributed by atoms with Gasteiger partial charge < -0.3 is 5.32 Å². The van der Waals surface area contributed by atoms with Gasteiger partial charge in [-0.3, -0.25) is 4.68 Å². The van der Waals surface area contributed by atoms with E-state index in [9.17, 15) is 0 Å². The molecule has 1 unspecified atom stereocenters. The Hall–Kier alpha value is -1.13. The first-order chi connectivity index (χ1) is 9.10. The Morgan fingerprint density at radius 2 is 2.21 bits per heavy atom. The normalized spacial score (nSPS) is 12.6. The molecule has 102 valence electrons. The van der Waals surface area contributed by atoms with Crippen LogP contribution < -0.4 is 5.32 Å². The molecule has 0 aliphatic carbocycles. The maximum absolute atomic E-state index is 4.24. The topological polar surface area (TPSA) is 29.9 Å². The molecule has 1 N–H and O–H groups in total. The quantitative estimate of drug-likeness (QED) is 0.914. The Morgan fingerprint density at radius 1 is 1.42 bits per heavy atom. The molecule has 0 aliphatic rings. The number of likely N-dealkylation sites (N-methyl/N-ethyl adjacent to an activating group) is 1. The zero-order valence-corrected chi connectivity index (χ0v) is 13.2. The Morgan fingerprint density at radius 3 is 2.84 bits per heavy atom. The molecule has 0 spiro atoms. The summed E-state index contributed by atoms with van der Waals surface area (Å²) in [6.07, 6.45) is 4.98. The first kappa shape index (κ1) is 14.3. The molecule has 19 heavy (non-hydrogen) atoms. The van der Waals surface area contributed by atoms with Crippen molar-refractivity contribution in [3.63, 3.8) is 0 Å². The van der Waals surface area contributed by atoms with Crippen molar-refractivity contribution in [3.8, 4) is 0 Å². The summed E-state index contributed by atoms with van der Waals surface area (Å²) < 4.78 is 2.98. The summed E-state index contributed by atoms with van der Waals surface area (Å²) in [5.41, 5.74) is 3.92. The van der Waals surface area contributed by atoms with Crippen LogP contribution in [0.25, 0.3) is 0 Å². The van der Waals surface area contributed by atoms with Crippen LogP contribution in [0.4, 0.5) is 0 Å². The number of aromatic nitrogens is 2. The van der Waals surface area contributed by atoms with Crippen LogP contribution in [-0.4, -0.2) is 16.3 Å². The van der Waals surface area contributed by atoms with Gasteiger partial charge in [-0.25, -0.2) is 0 Å².